The van der Waals surface area contributed by atoms with Crippen molar-refractivity contribution in [1.82, 2.24) is 14.7 Å². The number of hydrogen-bond donors (Lipinski definition) is 0. The van der Waals surface area contributed by atoms with Crippen LogP contribution >= 0.6 is 0 Å². The average molecular weight is 606 g/mol. The summed E-state index contributed by atoms with van der Waals surface area (Å²) < 4.78 is 16.3. The van der Waals surface area contributed by atoms with Crippen molar-refractivity contribution in [2.24, 2.45) is 0 Å². The second-order valence-corrected chi connectivity index (χ2v) is 12.0. The van der Waals surface area contributed by atoms with Crippen molar-refractivity contribution in [3.8, 4) is 0 Å². The molecule has 0 bridgehead atoms. The minimum Gasteiger partial charge on any atom is -0.463 e. The summed E-state index contributed by atoms with van der Waals surface area (Å²) in [4.78, 5) is 32.8. The Kier molecular flexibility index (Phi) is 21.2. The van der Waals surface area contributed by atoms with Crippen LogP contribution in [0.2, 0.25) is 0 Å². The topological polar surface area (TPSA) is 71.6 Å². The molecule has 0 N–H and O–H groups in total. The molecule has 1 saturated heterocycles. The predicted octanol–water partition coefficient (Wildman–Crippen LogP) is 6.70. The fraction of sp³-hybridized carbons (Fsp3) is 0.829. The number of unbranched alkanes of at least 4 members (excludes halogenated alkanes) is 12. The van der Waals surface area contributed by atoms with E-state index in [-0.39, 0.29) is 13.2 Å². The van der Waals surface area contributed by atoms with Gasteiger partial charge in [-0.2, -0.15) is 0 Å². The molecular weight excluding hydrogens is 542 g/mol. The van der Waals surface area contributed by atoms with Crippen LogP contribution in [0.1, 0.15) is 117 Å². The van der Waals surface area contributed by atoms with Crippen LogP contribution in [0.25, 0.3) is 0 Å². The number of hydrogen-bond acceptors (Lipinski definition) is 8. The summed E-state index contributed by atoms with van der Waals surface area (Å²) in [6.07, 6.45) is 23.7. The Morgan fingerprint density at radius 1 is 0.674 bits per heavy atom. The van der Waals surface area contributed by atoms with Gasteiger partial charge in [0.25, 0.3) is 0 Å². The number of ether oxygens (including phenoxy) is 3. The standard InChI is InChI=1S/C35H63N3O5/c1-4-7-8-9-10-11-12-13-14-15-16-17-18-19-20-21-23-37-30-32(34(39)42-5-2)33(35(40)43-6-3)38(31-37)25-22-24-36-26-28-41-29-27-36/h13-14H,4-12,15-31H2,1-3H3/b14-13-. The summed E-state index contributed by atoms with van der Waals surface area (Å²) in [5.41, 5.74) is 0.821. The highest BCUT2D eigenvalue weighted by molar-refractivity contribution is 6.00. The van der Waals surface area contributed by atoms with E-state index < -0.39 is 11.9 Å². The summed E-state index contributed by atoms with van der Waals surface area (Å²) in [6, 6.07) is 0. The molecular formula is C35H63N3O5. The second-order valence-electron chi connectivity index (χ2n) is 12.0. The van der Waals surface area contributed by atoms with Crippen molar-refractivity contribution in [1.29, 1.82) is 0 Å². The van der Waals surface area contributed by atoms with E-state index in [9.17, 15) is 9.59 Å². The first kappa shape index (κ1) is 37.3. The summed E-state index contributed by atoms with van der Waals surface area (Å²) in [5, 5.41) is 0. The highest BCUT2D eigenvalue weighted by Gasteiger charge is 2.34. The fourth-order valence-corrected chi connectivity index (χ4v) is 5.91. The number of rotatable bonds is 24. The molecule has 0 aromatic carbocycles. The molecule has 0 aromatic rings. The van der Waals surface area contributed by atoms with Gasteiger partial charge in [0.2, 0.25) is 0 Å². The van der Waals surface area contributed by atoms with E-state index in [1.165, 1.54) is 83.5 Å². The molecule has 43 heavy (non-hydrogen) atoms. The molecule has 0 aliphatic carbocycles. The molecule has 0 aromatic heterocycles. The molecule has 0 atom stereocenters. The number of morpholine rings is 1. The lowest BCUT2D eigenvalue weighted by atomic mass is 10.1. The van der Waals surface area contributed by atoms with E-state index >= 15 is 0 Å². The van der Waals surface area contributed by atoms with Crippen LogP contribution in [-0.2, 0) is 23.8 Å². The van der Waals surface area contributed by atoms with Crippen LogP contribution in [0.4, 0.5) is 0 Å². The highest BCUT2D eigenvalue weighted by Crippen LogP contribution is 2.23. The van der Waals surface area contributed by atoms with Crippen LogP contribution in [0.3, 0.4) is 0 Å². The Hall–Kier alpha value is -1.90. The quantitative estimate of drug-likeness (QED) is 0.0684. The van der Waals surface area contributed by atoms with E-state index in [1.807, 2.05) is 4.90 Å². The van der Waals surface area contributed by atoms with E-state index in [4.69, 9.17) is 14.2 Å². The lowest BCUT2D eigenvalue weighted by molar-refractivity contribution is -0.144. The van der Waals surface area contributed by atoms with Gasteiger partial charge in [0, 0.05) is 39.3 Å². The number of nitrogens with zero attached hydrogens (tertiary/aromatic N) is 3. The minimum atomic E-state index is -0.422. The SMILES string of the molecule is CCCCCCCC/C=C\CCCCCCCCN1CC(C(=O)OCC)=C(C(=O)OCC)N(CCCN2CCOCC2)C1. The molecule has 0 unspecified atom stereocenters. The maximum atomic E-state index is 13.0. The van der Waals surface area contributed by atoms with Crippen molar-refractivity contribution >= 4 is 11.9 Å². The molecule has 2 aliphatic heterocycles. The Bertz CT molecular complexity index is 809. The summed E-state index contributed by atoms with van der Waals surface area (Å²) in [6.45, 7) is 13.5. The maximum absolute atomic E-state index is 13.0. The summed E-state index contributed by atoms with van der Waals surface area (Å²) in [7, 11) is 0. The van der Waals surface area contributed by atoms with Gasteiger partial charge in [-0.25, -0.2) is 9.59 Å². The average Bonchev–Trinajstić information content (AvgIpc) is 3.01. The monoisotopic (exact) mass is 605 g/mol. The molecule has 0 spiro atoms. The van der Waals surface area contributed by atoms with Crippen molar-refractivity contribution in [2.75, 3.05) is 72.4 Å². The van der Waals surface area contributed by atoms with E-state index in [0.29, 0.717) is 31.0 Å². The van der Waals surface area contributed by atoms with Crippen LogP contribution in [0.5, 0.6) is 0 Å². The summed E-state index contributed by atoms with van der Waals surface area (Å²) >= 11 is 0. The van der Waals surface area contributed by atoms with Crippen molar-refractivity contribution in [2.45, 2.75) is 117 Å². The zero-order valence-corrected chi connectivity index (χ0v) is 27.9. The third-order valence-corrected chi connectivity index (χ3v) is 8.34. The van der Waals surface area contributed by atoms with Gasteiger partial charge in [-0.1, -0.05) is 76.9 Å². The zero-order valence-electron chi connectivity index (χ0n) is 27.9. The first-order chi connectivity index (χ1) is 21.1. The smallest absolute Gasteiger partial charge is 0.355 e. The Morgan fingerprint density at radius 2 is 1.23 bits per heavy atom. The van der Waals surface area contributed by atoms with Gasteiger partial charge in [0.1, 0.15) is 5.70 Å². The number of carbonyl (C=O) groups excluding carboxylic acids is 2. The molecule has 1 fully saturated rings. The summed E-state index contributed by atoms with van der Waals surface area (Å²) in [5.74, 6) is -0.830. The molecule has 0 amide bonds. The zero-order chi connectivity index (χ0) is 31.0. The molecule has 2 rings (SSSR count). The first-order valence-electron chi connectivity index (χ1n) is 17.6. The third kappa shape index (κ3) is 16.1. The van der Waals surface area contributed by atoms with E-state index in [2.05, 4.69) is 28.9 Å². The molecule has 8 nitrogen and oxygen atoms in total. The molecule has 0 saturated carbocycles. The molecule has 2 heterocycles. The number of carbonyl (C=O) groups is 2. The van der Waals surface area contributed by atoms with Crippen LogP contribution in [0, 0.1) is 0 Å². The number of esters is 2. The van der Waals surface area contributed by atoms with Crippen LogP contribution < -0.4 is 0 Å². The molecule has 248 valence electrons. The Balaban J connectivity index is 1.75. The van der Waals surface area contributed by atoms with Gasteiger partial charge in [-0.3, -0.25) is 9.80 Å². The van der Waals surface area contributed by atoms with Crippen molar-refractivity contribution in [3.63, 3.8) is 0 Å². The predicted molar refractivity (Wildman–Crippen MR) is 175 cm³/mol. The molecule has 8 heteroatoms. The fourth-order valence-electron chi connectivity index (χ4n) is 5.91. The van der Waals surface area contributed by atoms with Crippen molar-refractivity contribution in [3.05, 3.63) is 23.4 Å². The van der Waals surface area contributed by atoms with Crippen LogP contribution in [-0.4, -0.2) is 99.0 Å². The highest BCUT2D eigenvalue weighted by atomic mass is 16.5. The van der Waals surface area contributed by atoms with Gasteiger partial charge in [0.15, 0.2) is 0 Å². The third-order valence-electron chi connectivity index (χ3n) is 8.34. The van der Waals surface area contributed by atoms with Gasteiger partial charge in [-0.05, 0) is 52.4 Å². The second kappa shape index (κ2) is 24.4. The van der Waals surface area contributed by atoms with Crippen molar-refractivity contribution < 1.29 is 23.8 Å². The largest absolute Gasteiger partial charge is 0.463 e. The molecule has 2 aliphatic rings. The maximum Gasteiger partial charge on any atom is 0.355 e. The van der Waals surface area contributed by atoms with Gasteiger partial charge in [-0.15, -0.1) is 0 Å². The lowest BCUT2D eigenvalue weighted by Crippen LogP contribution is -2.48. The number of allylic oxidation sites excluding steroid dienone is 2. The van der Waals surface area contributed by atoms with E-state index in [1.54, 1.807) is 13.8 Å². The minimum absolute atomic E-state index is 0.277. The Labute approximate surface area is 263 Å². The van der Waals surface area contributed by atoms with Gasteiger partial charge < -0.3 is 19.1 Å². The van der Waals surface area contributed by atoms with Gasteiger partial charge >= 0.3 is 11.9 Å². The first-order valence-corrected chi connectivity index (χ1v) is 17.6. The van der Waals surface area contributed by atoms with Gasteiger partial charge in [0.05, 0.1) is 38.7 Å². The molecule has 0 radical (unpaired) electrons. The van der Waals surface area contributed by atoms with Crippen LogP contribution in [0.15, 0.2) is 23.4 Å². The lowest BCUT2D eigenvalue weighted by Gasteiger charge is -2.39. The van der Waals surface area contributed by atoms with E-state index in [0.717, 1.165) is 52.2 Å². The normalized spacial score (nSPS) is 16.8. The Morgan fingerprint density at radius 3 is 1.86 bits per heavy atom.